The number of amides is 2. The lowest BCUT2D eigenvalue weighted by molar-refractivity contribution is -0.115. The van der Waals surface area contributed by atoms with Crippen LogP contribution in [0.15, 0.2) is 48.5 Å². The summed E-state index contributed by atoms with van der Waals surface area (Å²) >= 11 is 0. The minimum absolute atomic E-state index is 0.0859. The molecule has 1 aliphatic rings. The van der Waals surface area contributed by atoms with E-state index in [1.807, 2.05) is 55.3 Å². The Morgan fingerprint density at radius 2 is 2.04 bits per heavy atom. The van der Waals surface area contributed by atoms with Crippen LogP contribution in [0.5, 0.6) is 5.75 Å². The lowest BCUT2D eigenvalue weighted by Crippen LogP contribution is -2.37. The van der Waals surface area contributed by atoms with E-state index in [1.165, 1.54) is 0 Å². The van der Waals surface area contributed by atoms with E-state index in [9.17, 15) is 9.59 Å². The van der Waals surface area contributed by atoms with E-state index in [0.29, 0.717) is 24.4 Å². The zero-order chi connectivity index (χ0) is 17.8. The molecule has 0 bridgehead atoms. The number of fused-ring (bicyclic) bond motifs is 1. The van der Waals surface area contributed by atoms with Crippen molar-refractivity contribution in [1.82, 2.24) is 5.32 Å². The summed E-state index contributed by atoms with van der Waals surface area (Å²) in [5, 5.41) is 5.71. The predicted molar refractivity (Wildman–Crippen MR) is 97.2 cm³/mol. The molecule has 6 nitrogen and oxygen atoms in total. The fourth-order valence-corrected chi connectivity index (χ4v) is 2.69. The average Bonchev–Trinajstić information content (AvgIpc) is 2.60. The van der Waals surface area contributed by atoms with Gasteiger partial charge in [0, 0.05) is 12.6 Å². The first-order valence-electron chi connectivity index (χ1n) is 8.16. The zero-order valence-corrected chi connectivity index (χ0v) is 14.3. The van der Waals surface area contributed by atoms with Crippen molar-refractivity contribution >= 4 is 23.2 Å². The molecule has 2 aromatic rings. The number of nitrogens with zero attached hydrogens (tertiary/aromatic N) is 1. The lowest BCUT2D eigenvalue weighted by Gasteiger charge is -2.27. The molecule has 1 aliphatic heterocycles. The number of benzene rings is 2. The molecule has 3 rings (SSSR count). The second-order valence-corrected chi connectivity index (χ2v) is 6.13. The molecule has 1 heterocycles. The number of ether oxygens (including phenoxy) is 1. The Kier molecular flexibility index (Phi) is 4.88. The van der Waals surface area contributed by atoms with Crippen LogP contribution in [0, 0.1) is 0 Å². The van der Waals surface area contributed by atoms with Crippen molar-refractivity contribution in [2.45, 2.75) is 13.0 Å². The van der Waals surface area contributed by atoms with Gasteiger partial charge in [-0.05, 0) is 37.3 Å². The fourth-order valence-electron chi connectivity index (χ4n) is 2.69. The summed E-state index contributed by atoms with van der Waals surface area (Å²) in [5.41, 5.74) is 2.05. The SMILES string of the molecule is C[C@H](COc1ccccc1)NC(=O)c1ccc2c(c1)NC(=O)CN2C. The summed E-state index contributed by atoms with van der Waals surface area (Å²) < 4.78 is 5.64. The Morgan fingerprint density at radius 1 is 1.28 bits per heavy atom. The van der Waals surface area contributed by atoms with Crippen molar-refractivity contribution in [2.24, 2.45) is 0 Å². The lowest BCUT2D eigenvalue weighted by atomic mass is 10.1. The van der Waals surface area contributed by atoms with Crippen molar-refractivity contribution in [2.75, 3.05) is 30.4 Å². The molecule has 0 saturated heterocycles. The molecule has 25 heavy (non-hydrogen) atoms. The Labute approximate surface area is 146 Å². The van der Waals surface area contributed by atoms with Crippen LogP contribution < -0.4 is 20.3 Å². The van der Waals surface area contributed by atoms with Crippen LogP contribution in [0.1, 0.15) is 17.3 Å². The van der Waals surface area contributed by atoms with Gasteiger partial charge >= 0.3 is 0 Å². The number of hydrogen-bond donors (Lipinski definition) is 2. The molecule has 2 aromatic carbocycles. The van der Waals surface area contributed by atoms with E-state index in [2.05, 4.69) is 10.6 Å². The third-order valence-corrected chi connectivity index (χ3v) is 3.95. The van der Waals surface area contributed by atoms with Crippen molar-refractivity contribution in [1.29, 1.82) is 0 Å². The van der Waals surface area contributed by atoms with Crippen molar-refractivity contribution in [3.05, 3.63) is 54.1 Å². The van der Waals surface area contributed by atoms with Gasteiger partial charge in [-0.15, -0.1) is 0 Å². The molecule has 2 N–H and O–H groups in total. The second kappa shape index (κ2) is 7.25. The number of likely N-dealkylation sites (N-methyl/N-ethyl adjacent to an activating group) is 1. The van der Waals surface area contributed by atoms with E-state index in [1.54, 1.807) is 12.1 Å². The minimum atomic E-state index is -0.200. The van der Waals surface area contributed by atoms with Crippen LogP contribution in [0.4, 0.5) is 11.4 Å². The number of nitrogens with one attached hydrogen (secondary N) is 2. The Bertz CT molecular complexity index is 777. The summed E-state index contributed by atoms with van der Waals surface area (Å²) in [6.07, 6.45) is 0. The first-order valence-corrected chi connectivity index (χ1v) is 8.16. The largest absolute Gasteiger partial charge is 0.491 e. The highest BCUT2D eigenvalue weighted by Gasteiger charge is 2.20. The van der Waals surface area contributed by atoms with E-state index in [0.717, 1.165) is 11.4 Å². The minimum Gasteiger partial charge on any atom is -0.491 e. The third kappa shape index (κ3) is 4.09. The number of anilines is 2. The van der Waals surface area contributed by atoms with Gasteiger partial charge in [0.2, 0.25) is 5.91 Å². The van der Waals surface area contributed by atoms with Crippen LogP contribution in [0.2, 0.25) is 0 Å². The summed E-state index contributed by atoms with van der Waals surface area (Å²) in [6.45, 7) is 2.57. The number of hydrogen-bond acceptors (Lipinski definition) is 4. The number of carbonyl (C=O) groups excluding carboxylic acids is 2. The maximum Gasteiger partial charge on any atom is 0.251 e. The van der Waals surface area contributed by atoms with Crippen LogP contribution in [0.3, 0.4) is 0 Å². The number of para-hydroxylation sites is 1. The van der Waals surface area contributed by atoms with Gasteiger partial charge in [0.05, 0.1) is 24.0 Å². The summed E-state index contributed by atoms with van der Waals surface area (Å²) in [4.78, 5) is 25.9. The molecule has 0 radical (unpaired) electrons. The van der Waals surface area contributed by atoms with Crippen molar-refractivity contribution < 1.29 is 14.3 Å². The van der Waals surface area contributed by atoms with Crippen LogP contribution >= 0.6 is 0 Å². The Morgan fingerprint density at radius 3 is 2.80 bits per heavy atom. The molecule has 0 spiro atoms. The van der Waals surface area contributed by atoms with Crippen molar-refractivity contribution in [3.63, 3.8) is 0 Å². The number of rotatable bonds is 5. The smallest absolute Gasteiger partial charge is 0.251 e. The average molecular weight is 339 g/mol. The Hall–Kier alpha value is -3.02. The normalized spacial score (nSPS) is 14.3. The highest BCUT2D eigenvalue weighted by molar-refractivity contribution is 6.03. The van der Waals surface area contributed by atoms with E-state index in [-0.39, 0.29) is 17.9 Å². The maximum atomic E-state index is 12.4. The Balaban J connectivity index is 1.61. The fraction of sp³-hybridized carbons (Fsp3) is 0.263. The summed E-state index contributed by atoms with van der Waals surface area (Å²) in [5.74, 6) is 0.481. The standard InChI is InChI=1S/C19H21N3O3/c1-13(12-25-15-6-4-3-5-7-15)20-19(24)14-8-9-17-16(10-14)21-18(23)11-22(17)2/h3-10,13H,11-12H2,1-2H3,(H,20,24)(H,21,23)/t13-/m1/s1. The highest BCUT2D eigenvalue weighted by atomic mass is 16.5. The first kappa shape index (κ1) is 16.8. The topological polar surface area (TPSA) is 70.7 Å². The molecule has 0 aromatic heterocycles. The van der Waals surface area contributed by atoms with Gasteiger partial charge in [-0.25, -0.2) is 0 Å². The van der Waals surface area contributed by atoms with Gasteiger partial charge in [-0.1, -0.05) is 18.2 Å². The van der Waals surface area contributed by atoms with Gasteiger partial charge < -0.3 is 20.3 Å². The van der Waals surface area contributed by atoms with Crippen LogP contribution in [-0.4, -0.2) is 38.1 Å². The van der Waals surface area contributed by atoms with Gasteiger partial charge in [0.15, 0.2) is 0 Å². The molecule has 6 heteroatoms. The quantitative estimate of drug-likeness (QED) is 0.877. The molecule has 0 unspecified atom stereocenters. The molecule has 1 atom stereocenters. The molecule has 0 fully saturated rings. The van der Waals surface area contributed by atoms with E-state index >= 15 is 0 Å². The zero-order valence-electron chi connectivity index (χ0n) is 14.3. The molecule has 130 valence electrons. The van der Waals surface area contributed by atoms with Crippen LogP contribution in [0.25, 0.3) is 0 Å². The first-order chi connectivity index (χ1) is 12.0. The number of carbonyl (C=O) groups is 2. The second-order valence-electron chi connectivity index (χ2n) is 6.13. The maximum absolute atomic E-state index is 12.4. The van der Waals surface area contributed by atoms with Gasteiger partial charge in [0.1, 0.15) is 12.4 Å². The van der Waals surface area contributed by atoms with Gasteiger partial charge in [-0.3, -0.25) is 9.59 Å². The van der Waals surface area contributed by atoms with E-state index < -0.39 is 0 Å². The van der Waals surface area contributed by atoms with E-state index in [4.69, 9.17) is 4.74 Å². The van der Waals surface area contributed by atoms with Crippen molar-refractivity contribution in [3.8, 4) is 5.75 Å². The third-order valence-electron chi connectivity index (χ3n) is 3.95. The highest BCUT2D eigenvalue weighted by Crippen LogP contribution is 2.29. The molecule has 2 amide bonds. The molecule has 0 saturated carbocycles. The van der Waals surface area contributed by atoms with Gasteiger partial charge in [-0.2, -0.15) is 0 Å². The molecular weight excluding hydrogens is 318 g/mol. The monoisotopic (exact) mass is 339 g/mol. The van der Waals surface area contributed by atoms with Gasteiger partial charge in [0.25, 0.3) is 5.91 Å². The summed E-state index contributed by atoms with van der Waals surface area (Å²) in [6, 6.07) is 14.6. The van der Waals surface area contributed by atoms with Crippen LogP contribution in [-0.2, 0) is 4.79 Å². The molecule has 0 aliphatic carbocycles. The summed E-state index contributed by atoms with van der Waals surface area (Å²) in [7, 11) is 1.85. The predicted octanol–water partition coefficient (Wildman–Crippen LogP) is 2.27. The molecular formula is C19H21N3O3.